The summed E-state index contributed by atoms with van der Waals surface area (Å²) in [6, 6.07) is 43.3. The summed E-state index contributed by atoms with van der Waals surface area (Å²) in [4.78, 5) is 4.95. The molecule has 6 aromatic rings. The standard InChI is InChI=1S/C41H34N2O/c1-27-16-22-39-37(24-27)35-14-7-15-36(35)41(43-39)30-17-20-32(21-18-30)42-25-38-34-13-5-3-9-29(34)19-23-40(38)44-26-31-11-6-10-28-8-2-4-12-33(28)31/h2-14,16-25,35-36,41,43H,15,26H2,1H3/t35-,36-,41+/m1/s1. The summed E-state index contributed by atoms with van der Waals surface area (Å²) in [5.74, 6) is 1.82. The quantitative estimate of drug-likeness (QED) is 0.160. The van der Waals surface area contributed by atoms with E-state index in [-0.39, 0.29) is 6.04 Å². The van der Waals surface area contributed by atoms with E-state index in [1.54, 1.807) is 0 Å². The van der Waals surface area contributed by atoms with Crippen molar-refractivity contribution in [3.8, 4) is 5.75 Å². The Bertz CT molecular complexity index is 2050. The smallest absolute Gasteiger partial charge is 0.129 e. The summed E-state index contributed by atoms with van der Waals surface area (Å²) in [6.45, 7) is 2.67. The largest absolute Gasteiger partial charge is 0.488 e. The van der Waals surface area contributed by atoms with Crippen LogP contribution in [0.4, 0.5) is 11.4 Å². The number of allylic oxidation sites excluding steroid dienone is 2. The molecule has 1 N–H and O–H groups in total. The van der Waals surface area contributed by atoms with Crippen molar-refractivity contribution in [1.82, 2.24) is 0 Å². The maximum absolute atomic E-state index is 6.50. The molecule has 6 aromatic carbocycles. The van der Waals surface area contributed by atoms with Gasteiger partial charge in [-0.1, -0.05) is 115 Å². The SMILES string of the molecule is Cc1ccc2c(c1)[C@@H]1C=CC[C@H]1[C@H](c1ccc(N=Cc3c(OCc4cccc5ccccc45)ccc4ccccc34)cc1)N2. The third kappa shape index (κ3) is 4.85. The van der Waals surface area contributed by atoms with Gasteiger partial charge in [-0.15, -0.1) is 0 Å². The van der Waals surface area contributed by atoms with Crippen LogP contribution in [-0.4, -0.2) is 6.21 Å². The Morgan fingerprint density at radius 3 is 2.43 bits per heavy atom. The van der Waals surface area contributed by atoms with Gasteiger partial charge in [0.1, 0.15) is 12.4 Å². The molecule has 0 radical (unpaired) electrons. The van der Waals surface area contributed by atoms with E-state index in [9.17, 15) is 0 Å². The Labute approximate surface area is 258 Å². The molecule has 44 heavy (non-hydrogen) atoms. The zero-order valence-electron chi connectivity index (χ0n) is 24.8. The number of benzene rings is 6. The van der Waals surface area contributed by atoms with Gasteiger partial charge >= 0.3 is 0 Å². The minimum absolute atomic E-state index is 0.273. The Balaban J connectivity index is 1.07. The number of nitrogens with zero attached hydrogens (tertiary/aromatic N) is 1. The predicted octanol–water partition coefficient (Wildman–Crippen LogP) is 10.5. The van der Waals surface area contributed by atoms with Crippen LogP contribution >= 0.6 is 0 Å². The lowest BCUT2D eigenvalue weighted by atomic mass is 9.76. The van der Waals surface area contributed by atoms with Crippen LogP contribution in [0.25, 0.3) is 21.5 Å². The van der Waals surface area contributed by atoms with Crippen LogP contribution in [0.1, 0.15) is 46.2 Å². The van der Waals surface area contributed by atoms with E-state index < -0.39 is 0 Å². The van der Waals surface area contributed by atoms with Crippen molar-refractivity contribution in [2.45, 2.75) is 31.9 Å². The third-order valence-corrected chi connectivity index (χ3v) is 9.31. The fourth-order valence-electron chi connectivity index (χ4n) is 7.06. The van der Waals surface area contributed by atoms with Crippen LogP contribution < -0.4 is 10.1 Å². The van der Waals surface area contributed by atoms with E-state index in [2.05, 4.69) is 146 Å². The second-order valence-electron chi connectivity index (χ2n) is 12.0. The first-order valence-corrected chi connectivity index (χ1v) is 15.5. The summed E-state index contributed by atoms with van der Waals surface area (Å²) in [5.41, 5.74) is 8.39. The zero-order valence-corrected chi connectivity index (χ0v) is 24.8. The van der Waals surface area contributed by atoms with Gasteiger partial charge in [0.05, 0.1) is 11.7 Å². The molecule has 214 valence electrons. The molecule has 2 aliphatic rings. The van der Waals surface area contributed by atoms with Crippen molar-refractivity contribution in [1.29, 1.82) is 0 Å². The summed E-state index contributed by atoms with van der Waals surface area (Å²) in [5, 5.41) is 8.60. The first kappa shape index (κ1) is 26.5. The molecular weight excluding hydrogens is 536 g/mol. The molecule has 3 heteroatoms. The second-order valence-corrected chi connectivity index (χ2v) is 12.0. The summed E-state index contributed by atoms with van der Waals surface area (Å²) in [6.07, 6.45) is 7.81. The van der Waals surface area contributed by atoms with Crippen LogP contribution in [0.2, 0.25) is 0 Å². The summed E-state index contributed by atoms with van der Waals surface area (Å²) < 4.78 is 6.50. The van der Waals surface area contributed by atoms with Crippen LogP contribution in [0.3, 0.4) is 0 Å². The lowest BCUT2D eigenvalue weighted by Gasteiger charge is -2.37. The molecule has 0 aromatic heterocycles. The van der Waals surface area contributed by atoms with Gasteiger partial charge in [-0.3, -0.25) is 4.99 Å². The molecule has 0 amide bonds. The first-order chi connectivity index (χ1) is 21.7. The molecule has 8 rings (SSSR count). The molecule has 0 saturated carbocycles. The van der Waals surface area contributed by atoms with Crippen molar-refractivity contribution >= 4 is 39.1 Å². The number of aliphatic imine (C=N–C) groups is 1. The normalized spacial score (nSPS) is 18.8. The van der Waals surface area contributed by atoms with Crippen molar-refractivity contribution in [3.05, 3.63) is 161 Å². The van der Waals surface area contributed by atoms with Crippen molar-refractivity contribution in [3.63, 3.8) is 0 Å². The lowest BCUT2D eigenvalue weighted by molar-refractivity contribution is 0.307. The predicted molar refractivity (Wildman–Crippen MR) is 183 cm³/mol. The minimum atomic E-state index is 0.273. The molecular formula is C41H34N2O. The molecule has 1 aliphatic heterocycles. The fraction of sp³-hybridized carbons (Fsp3) is 0.146. The highest BCUT2D eigenvalue weighted by molar-refractivity contribution is 6.03. The van der Waals surface area contributed by atoms with E-state index in [1.807, 2.05) is 6.21 Å². The highest BCUT2D eigenvalue weighted by Gasteiger charge is 2.37. The number of hydrogen-bond donors (Lipinski definition) is 1. The fourth-order valence-corrected chi connectivity index (χ4v) is 7.06. The number of nitrogens with one attached hydrogen (secondary N) is 1. The van der Waals surface area contributed by atoms with E-state index in [1.165, 1.54) is 44.1 Å². The van der Waals surface area contributed by atoms with Gasteiger partial charge in [-0.2, -0.15) is 0 Å². The summed E-state index contributed by atoms with van der Waals surface area (Å²) in [7, 11) is 0. The minimum Gasteiger partial charge on any atom is -0.488 e. The zero-order chi connectivity index (χ0) is 29.5. The molecule has 0 unspecified atom stereocenters. The van der Waals surface area contributed by atoms with Gasteiger partial charge in [0.2, 0.25) is 0 Å². The van der Waals surface area contributed by atoms with Gasteiger partial charge in [0.25, 0.3) is 0 Å². The van der Waals surface area contributed by atoms with Crippen LogP contribution in [-0.2, 0) is 6.61 Å². The third-order valence-electron chi connectivity index (χ3n) is 9.31. The maximum atomic E-state index is 6.50. The molecule has 1 heterocycles. The maximum Gasteiger partial charge on any atom is 0.129 e. The number of anilines is 1. The Hall–Kier alpha value is -5.15. The van der Waals surface area contributed by atoms with E-state index in [0.717, 1.165) is 28.8 Å². The Kier molecular flexibility index (Phi) is 6.72. The monoisotopic (exact) mass is 570 g/mol. The highest BCUT2D eigenvalue weighted by atomic mass is 16.5. The lowest BCUT2D eigenvalue weighted by Crippen LogP contribution is -2.29. The summed E-state index contributed by atoms with van der Waals surface area (Å²) >= 11 is 0. The topological polar surface area (TPSA) is 33.6 Å². The Morgan fingerprint density at radius 1 is 0.795 bits per heavy atom. The molecule has 3 atom stereocenters. The molecule has 0 fully saturated rings. The molecule has 3 nitrogen and oxygen atoms in total. The number of rotatable bonds is 6. The van der Waals surface area contributed by atoms with Crippen LogP contribution in [0, 0.1) is 12.8 Å². The van der Waals surface area contributed by atoms with Crippen molar-refractivity contribution in [2.24, 2.45) is 10.9 Å². The van der Waals surface area contributed by atoms with Crippen LogP contribution in [0.15, 0.2) is 138 Å². The first-order valence-electron chi connectivity index (χ1n) is 15.5. The molecule has 0 spiro atoms. The highest BCUT2D eigenvalue weighted by Crippen LogP contribution is 2.50. The average Bonchev–Trinajstić information content (AvgIpc) is 3.57. The van der Waals surface area contributed by atoms with Gasteiger partial charge in [0.15, 0.2) is 0 Å². The van der Waals surface area contributed by atoms with Gasteiger partial charge in [-0.25, -0.2) is 0 Å². The van der Waals surface area contributed by atoms with Gasteiger partial charge < -0.3 is 10.1 Å². The number of hydrogen-bond acceptors (Lipinski definition) is 3. The van der Waals surface area contributed by atoms with E-state index in [4.69, 9.17) is 9.73 Å². The van der Waals surface area contributed by atoms with Crippen molar-refractivity contribution < 1.29 is 4.74 Å². The molecule has 0 saturated heterocycles. The second kappa shape index (κ2) is 11.2. The van der Waals surface area contributed by atoms with E-state index in [0.29, 0.717) is 18.4 Å². The number of aryl methyl sites for hydroxylation is 1. The van der Waals surface area contributed by atoms with Crippen LogP contribution in [0.5, 0.6) is 5.75 Å². The van der Waals surface area contributed by atoms with Crippen molar-refractivity contribution in [2.75, 3.05) is 5.32 Å². The average molecular weight is 571 g/mol. The Morgan fingerprint density at radius 2 is 1.57 bits per heavy atom. The molecule has 1 aliphatic carbocycles. The number of ether oxygens (including phenoxy) is 1. The number of fused-ring (bicyclic) bond motifs is 5. The van der Waals surface area contributed by atoms with E-state index >= 15 is 0 Å². The molecule has 0 bridgehead atoms. The van der Waals surface area contributed by atoms with Gasteiger partial charge in [0, 0.05) is 23.4 Å². The van der Waals surface area contributed by atoms with Gasteiger partial charge in [-0.05, 0) is 81.8 Å².